The Balaban J connectivity index is 1.08. The number of ether oxygens (including phenoxy) is 2. The van der Waals surface area contributed by atoms with Crippen molar-refractivity contribution in [2.24, 2.45) is 0 Å². The molecule has 2 atom stereocenters. The first-order valence-electron chi connectivity index (χ1n) is 12.7. The lowest BCUT2D eigenvalue weighted by molar-refractivity contribution is -0.0312. The summed E-state index contributed by atoms with van der Waals surface area (Å²) in [5.41, 5.74) is 1.39. The summed E-state index contributed by atoms with van der Waals surface area (Å²) < 4.78 is 63.1. The number of sulfone groups is 1. The van der Waals surface area contributed by atoms with Gasteiger partial charge in [-0.15, -0.1) is 0 Å². The third kappa shape index (κ3) is 5.95. The highest BCUT2D eigenvalue weighted by molar-refractivity contribution is 7.90. The second-order valence-corrected chi connectivity index (χ2v) is 14.2. The maximum absolute atomic E-state index is 13.2. The van der Waals surface area contributed by atoms with E-state index in [4.69, 9.17) is 9.47 Å². The Morgan fingerprint density at radius 3 is 2.76 bits per heavy atom. The number of aliphatic hydroxyl groups is 1. The molecule has 206 valence electrons. The molecule has 2 fully saturated rings. The molecule has 1 aliphatic carbocycles. The van der Waals surface area contributed by atoms with Crippen LogP contribution in [0.4, 0.5) is 0 Å². The Morgan fingerprint density at radius 1 is 1.21 bits per heavy atom. The van der Waals surface area contributed by atoms with E-state index in [1.54, 1.807) is 18.2 Å². The molecule has 0 amide bonds. The average Bonchev–Trinajstić information content (AvgIpc) is 3.53. The molecule has 0 bridgehead atoms. The zero-order chi connectivity index (χ0) is 27.0. The first kappa shape index (κ1) is 27.2. The van der Waals surface area contributed by atoms with Crippen LogP contribution in [0.2, 0.25) is 0 Å². The number of nitrogens with zero attached hydrogens (tertiary/aromatic N) is 2. The minimum Gasteiger partial charge on any atom is -0.491 e. The van der Waals surface area contributed by atoms with Crippen LogP contribution in [0, 0.1) is 0 Å². The van der Waals surface area contributed by atoms with Crippen molar-refractivity contribution >= 4 is 25.9 Å². The van der Waals surface area contributed by atoms with Crippen LogP contribution in [-0.2, 0) is 31.0 Å². The van der Waals surface area contributed by atoms with Gasteiger partial charge in [0.25, 0.3) is 0 Å². The molecule has 5 rings (SSSR count). The maximum atomic E-state index is 13.2. The number of pyridine rings is 1. The standard InChI is InChI=1S/C26H33N3O7S2/c1-37(31,32)23-6-3-5-22(13-23)35-18-21(30)15-27-20-14-26(36-17-20)8-10-29(11-9-26)38(33,34)24-12-19-4-2-7-25(19)28-16-24/h2-3,5-7,12-13,16,20-21,27,30H,4,8-11,14-15,17-18H2,1H3/t20-,21+/m1/s1. The van der Waals surface area contributed by atoms with Gasteiger partial charge in [0.1, 0.15) is 23.4 Å². The summed E-state index contributed by atoms with van der Waals surface area (Å²) in [5.74, 6) is 0.379. The number of rotatable bonds is 9. The molecule has 3 aliphatic rings. The highest BCUT2D eigenvalue weighted by atomic mass is 32.2. The van der Waals surface area contributed by atoms with Crippen molar-refractivity contribution < 1.29 is 31.4 Å². The van der Waals surface area contributed by atoms with Crippen molar-refractivity contribution in [1.29, 1.82) is 0 Å². The Bertz CT molecular complexity index is 1420. The monoisotopic (exact) mass is 563 g/mol. The highest BCUT2D eigenvalue weighted by Gasteiger charge is 2.44. The Hall–Kier alpha value is -2.35. The molecule has 2 saturated heterocycles. The van der Waals surface area contributed by atoms with Crippen LogP contribution < -0.4 is 10.1 Å². The minimum atomic E-state index is -3.61. The van der Waals surface area contributed by atoms with E-state index in [1.165, 1.54) is 22.6 Å². The predicted octanol–water partition coefficient (Wildman–Crippen LogP) is 1.40. The van der Waals surface area contributed by atoms with Gasteiger partial charge in [-0.05, 0) is 61.6 Å². The Morgan fingerprint density at radius 2 is 2.00 bits per heavy atom. The second kappa shape index (κ2) is 10.7. The Labute approximate surface area is 223 Å². The molecule has 1 spiro atoms. The number of allylic oxidation sites excluding steroid dienone is 1. The van der Waals surface area contributed by atoms with Crippen LogP contribution >= 0.6 is 0 Å². The molecular formula is C26H33N3O7S2. The molecular weight excluding hydrogens is 530 g/mol. The van der Waals surface area contributed by atoms with Crippen LogP contribution in [0.25, 0.3) is 6.08 Å². The summed E-state index contributed by atoms with van der Waals surface area (Å²) in [4.78, 5) is 4.70. The van der Waals surface area contributed by atoms with Gasteiger partial charge < -0.3 is 19.9 Å². The molecule has 38 heavy (non-hydrogen) atoms. The fourth-order valence-corrected chi connectivity index (χ4v) is 7.30. The van der Waals surface area contributed by atoms with Crippen molar-refractivity contribution in [3.05, 3.63) is 53.9 Å². The third-order valence-electron chi connectivity index (χ3n) is 7.39. The van der Waals surface area contributed by atoms with Gasteiger partial charge in [-0.3, -0.25) is 4.98 Å². The SMILES string of the molecule is CS(=O)(=O)c1cccc(OC[C@@H](O)CN[C@H]2COC3(CCN(S(=O)(=O)c4cnc5c(c4)CC=C5)CC3)C2)c1. The minimum absolute atomic E-state index is 0.0133. The molecule has 1 aromatic heterocycles. The molecule has 0 radical (unpaired) electrons. The van der Waals surface area contributed by atoms with Gasteiger partial charge in [0.05, 0.1) is 22.8 Å². The molecule has 0 saturated carbocycles. The Kier molecular flexibility index (Phi) is 7.64. The number of hydrogen-bond acceptors (Lipinski definition) is 9. The van der Waals surface area contributed by atoms with Gasteiger partial charge in [-0.2, -0.15) is 4.31 Å². The molecule has 10 nitrogen and oxygen atoms in total. The normalized spacial score (nSPS) is 22.0. The number of fused-ring (bicyclic) bond motifs is 1. The van der Waals surface area contributed by atoms with Gasteiger partial charge in [-0.25, -0.2) is 16.8 Å². The number of piperidine rings is 1. The molecule has 2 N–H and O–H groups in total. The molecule has 0 unspecified atom stereocenters. The molecule has 3 heterocycles. The second-order valence-electron chi connectivity index (χ2n) is 10.2. The van der Waals surface area contributed by atoms with E-state index >= 15 is 0 Å². The van der Waals surface area contributed by atoms with E-state index in [2.05, 4.69) is 10.3 Å². The van der Waals surface area contributed by atoms with E-state index in [9.17, 15) is 21.9 Å². The van der Waals surface area contributed by atoms with Crippen molar-refractivity contribution in [2.45, 2.75) is 53.2 Å². The van der Waals surface area contributed by atoms with E-state index in [1.807, 2.05) is 12.2 Å². The summed E-state index contributed by atoms with van der Waals surface area (Å²) in [5, 5.41) is 13.7. The zero-order valence-electron chi connectivity index (χ0n) is 21.2. The van der Waals surface area contributed by atoms with Gasteiger partial charge in [0.2, 0.25) is 10.0 Å². The maximum Gasteiger partial charge on any atom is 0.244 e. The van der Waals surface area contributed by atoms with Crippen LogP contribution in [-0.4, -0.2) is 88.1 Å². The van der Waals surface area contributed by atoms with Crippen molar-refractivity contribution in [3.8, 4) is 5.75 Å². The number of aromatic nitrogens is 1. The van der Waals surface area contributed by atoms with E-state index in [0.29, 0.717) is 44.7 Å². The van der Waals surface area contributed by atoms with E-state index < -0.39 is 26.0 Å². The van der Waals surface area contributed by atoms with Crippen LogP contribution in [0.1, 0.15) is 30.5 Å². The van der Waals surface area contributed by atoms with E-state index in [0.717, 1.165) is 23.9 Å². The molecule has 12 heteroatoms. The largest absolute Gasteiger partial charge is 0.491 e. The van der Waals surface area contributed by atoms with Gasteiger partial charge >= 0.3 is 0 Å². The number of aliphatic hydroxyl groups excluding tert-OH is 1. The molecule has 1 aromatic carbocycles. The third-order valence-corrected chi connectivity index (χ3v) is 10.4. The van der Waals surface area contributed by atoms with Crippen LogP contribution in [0.15, 0.2) is 52.4 Å². The smallest absolute Gasteiger partial charge is 0.244 e. The number of sulfonamides is 1. The predicted molar refractivity (Wildman–Crippen MR) is 141 cm³/mol. The van der Waals surface area contributed by atoms with E-state index in [-0.39, 0.29) is 34.6 Å². The highest BCUT2D eigenvalue weighted by Crippen LogP contribution is 2.37. The zero-order valence-corrected chi connectivity index (χ0v) is 22.9. The number of benzene rings is 1. The topological polar surface area (TPSA) is 135 Å². The van der Waals surface area contributed by atoms with Gasteiger partial charge in [0.15, 0.2) is 9.84 Å². The summed E-state index contributed by atoms with van der Waals surface area (Å²) >= 11 is 0. The molecule has 2 aliphatic heterocycles. The summed E-state index contributed by atoms with van der Waals surface area (Å²) in [6.07, 6.45) is 8.31. The summed E-state index contributed by atoms with van der Waals surface area (Å²) in [6.45, 7) is 1.55. The summed E-state index contributed by atoms with van der Waals surface area (Å²) in [6, 6.07) is 7.95. The van der Waals surface area contributed by atoms with Crippen LogP contribution in [0.3, 0.4) is 0 Å². The van der Waals surface area contributed by atoms with Gasteiger partial charge in [0, 0.05) is 38.1 Å². The van der Waals surface area contributed by atoms with Crippen molar-refractivity contribution in [2.75, 3.05) is 39.1 Å². The molecule has 2 aromatic rings. The first-order chi connectivity index (χ1) is 18.0. The lowest BCUT2D eigenvalue weighted by atomic mass is 9.88. The fraction of sp³-hybridized carbons (Fsp3) is 0.500. The lowest BCUT2D eigenvalue weighted by Gasteiger charge is -2.38. The number of hydrogen-bond donors (Lipinski definition) is 2. The number of nitrogens with one attached hydrogen (secondary N) is 1. The van der Waals surface area contributed by atoms with Crippen molar-refractivity contribution in [1.82, 2.24) is 14.6 Å². The van der Waals surface area contributed by atoms with Crippen molar-refractivity contribution in [3.63, 3.8) is 0 Å². The summed E-state index contributed by atoms with van der Waals surface area (Å²) in [7, 11) is -6.95. The van der Waals surface area contributed by atoms with Gasteiger partial charge in [-0.1, -0.05) is 12.1 Å². The first-order valence-corrected chi connectivity index (χ1v) is 16.0. The quantitative estimate of drug-likeness (QED) is 0.464. The van der Waals surface area contributed by atoms with Crippen LogP contribution in [0.5, 0.6) is 5.75 Å². The fourth-order valence-electron chi connectivity index (χ4n) is 5.21. The average molecular weight is 564 g/mol. The lowest BCUT2D eigenvalue weighted by Crippen LogP contribution is -2.47.